The molecule has 5 nitrogen and oxygen atoms in total. The summed E-state index contributed by atoms with van der Waals surface area (Å²) in [5.41, 5.74) is 1.42. The number of aryl methyl sites for hydroxylation is 1. The number of nitrogens with one attached hydrogen (secondary N) is 1. The lowest BCUT2D eigenvalue weighted by Crippen LogP contribution is -2.21. The lowest BCUT2D eigenvalue weighted by atomic mass is 10.2. The van der Waals surface area contributed by atoms with Gasteiger partial charge >= 0.3 is 12.6 Å². The Morgan fingerprint density at radius 3 is 2.42 bits per heavy atom. The van der Waals surface area contributed by atoms with E-state index in [2.05, 4.69) is 10.1 Å². The van der Waals surface area contributed by atoms with Crippen molar-refractivity contribution in [1.29, 1.82) is 0 Å². The van der Waals surface area contributed by atoms with Gasteiger partial charge < -0.3 is 14.8 Å². The van der Waals surface area contributed by atoms with Gasteiger partial charge in [0.1, 0.15) is 11.3 Å². The maximum atomic E-state index is 12.3. The highest BCUT2D eigenvalue weighted by molar-refractivity contribution is 5.96. The third-order valence-corrected chi connectivity index (χ3v) is 2.99. The molecule has 2 aromatic rings. The molecule has 7 heteroatoms. The minimum atomic E-state index is -3.07. The summed E-state index contributed by atoms with van der Waals surface area (Å²) in [5, 5.41) is 2.56. The topological polar surface area (TPSA) is 64.6 Å². The summed E-state index contributed by atoms with van der Waals surface area (Å²) >= 11 is 0. The van der Waals surface area contributed by atoms with Gasteiger partial charge in [-0.2, -0.15) is 8.78 Å². The fraction of sp³-hybridized carbons (Fsp3) is 0.176. The number of amides is 1. The first-order valence-corrected chi connectivity index (χ1v) is 7.03. The van der Waals surface area contributed by atoms with Gasteiger partial charge in [0, 0.05) is 5.69 Å². The number of anilines is 1. The van der Waals surface area contributed by atoms with Crippen LogP contribution in [0.25, 0.3) is 0 Å². The fourth-order valence-electron chi connectivity index (χ4n) is 1.88. The van der Waals surface area contributed by atoms with Crippen LogP contribution in [0.5, 0.6) is 5.75 Å². The zero-order chi connectivity index (χ0) is 17.5. The minimum Gasteiger partial charge on any atom is -0.452 e. The number of carbonyl (C=O) groups is 2. The molecule has 0 spiro atoms. The average Bonchev–Trinajstić information content (AvgIpc) is 2.55. The van der Waals surface area contributed by atoms with Crippen LogP contribution < -0.4 is 10.1 Å². The van der Waals surface area contributed by atoms with E-state index in [1.165, 1.54) is 24.3 Å². The van der Waals surface area contributed by atoms with Crippen LogP contribution in [0.15, 0.2) is 48.5 Å². The van der Waals surface area contributed by atoms with E-state index < -0.39 is 25.1 Å². The third-order valence-electron chi connectivity index (χ3n) is 2.99. The quantitative estimate of drug-likeness (QED) is 0.822. The molecule has 0 fully saturated rings. The van der Waals surface area contributed by atoms with Crippen LogP contribution in [0.2, 0.25) is 0 Å². The summed E-state index contributed by atoms with van der Waals surface area (Å²) in [6, 6.07) is 12.5. The Labute approximate surface area is 137 Å². The number of benzene rings is 2. The zero-order valence-electron chi connectivity index (χ0n) is 12.8. The number of esters is 1. The molecular weight excluding hydrogens is 320 g/mol. The van der Waals surface area contributed by atoms with Gasteiger partial charge in [0.15, 0.2) is 6.61 Å². The predicted molar refractivity (Wildman–Crippen MR) is 83.2 cm³/mol. The third kappa shape index (κ3) is 5.05. The summed E-state index contributed by atoms with van der Waals surface area (Å²) in [7, 11) is 0. The van der Waals surface area contributed by atoms with Crippen LogP contribution >= 0.6 is 0 Å². The molecule has 0 aromatic heterocycles. The van der Waals surface area contributed by atoms with Gasteiger partial charge in [0.25, 0.3) is 5.91 Å². The number of hydrogen-bond acceptors (Lipinski definition) is 4. The van der Waals surface area contributed by atoms with Gasteiger partial charge in [0.05, 0.1) is 0 Å². The number of rotatable bonds is 6. The van der Waals surface area contributed by atoms with E-state index in [1.807, 2.05) is 19.1 Å². The van der Waals surface area contributed by atoms with E-state index >= 15 is 0 Å². The monoisotopic (exact) mass is 335 g/mol. The van der Waals surface area contributed by atoms with Crippen molar-refractivity contribution in [3.05, 3.63) is 59.7 Å². The van der Waals surface area contributed by atoms with Crippen molar-refractivity contribution < 1.29 is 27.8 Å². The van der Waals surface area contributed by atoms with Crippen LogP contribution in [0.4, 0.5) is 14.5 Å². The second-order valence-electron chi connectivity index (χ2n) is 4.86. The number of ether oxygens (including phenoxy) is 2. The summed E-state index contributed by atoms with van der Waals surface area (Å²) in [6.07, 6.45) is 0. The highest BCUT2D eigenvalue weighted by Gasteiger charge is 2.17. The van der Waals surface area contributed by atoms with Crippen LogP contribution in [-0.4, -0.2) is 25.1 Å². The molecule has 2 aromatic carbocycles. The second-order valence-corrected chi connectivity index (χ2v) is 4.86. The van der Waals surface area contributed by atoms with Gasteiger partial charge in [-0.15, -0.1) is 0 Å². The first-order chi connectivity index (χ1) is 11.5. The van der Waals surface area contributed by atoms with Gasteiger partial charge in [0.2, 0.25) is 0 Å². The van der Waals surface area contributed by atoms with Crippen LogP contribution in [-0.2, 0) is 9.53 Å². The van der Waals surface area contributed by atoms with Crippen molar-refractivity contribution in [2.45, 2.75) is 13.5 Å². The normalized spacial score (nSPS) is 10.3. The van der Waals surface area contributed by atoms with Crippen molar-refractivity contribution in [3.8, 4) is 5.75 Å². The molecule has 2 rings (SSSR count). The zero-order valence-corrected chi connectivity index (χ0v) is 12.8. The van der Waals surface area contributed by atoms with E-state index in [0.717, 1.165) is 5.56 Å². The maximum absolute atomic E-state index is 12.3. The molecule has 0 heterocycles. The molecule has 0 aliphatic heterocycles. The summed E-state index contributed by atoms with van der Waals surface area (Å²) in [5.74, 6) is -1.78. The van der Waals surface area contributed by atoms with Gasteiger partial charge in [-0.1, -0.05) is 29.8 Å². The smallest absolute Gasteiger partial charge is 0.387 e. The largest absolute Gasteiger partial charge is 0.452 e. The molecule has 126 valence electrons. The van der Waals surface area contributed by atoms with Crippen molar-refractivity contribution in [2.75, 3.05) is 11.9 Å². The standard InChI is InChI=1S/C17H15F2NO4/c1-11-6-8-12(9-7-11)20-15(21)10-23-16(22)13-4-2-3-5-14(13)24-17(18)19/h2-9,17H,10H2,1H3,(H,20,21). The summed E-state index contributed by atoms with van der Waals surface area (Å²) in [6.45, 7) is -1.70. The Morgan fingerprint density at radius 1 is 1.08 bits per heavy atom. The van der Waals surface area contributed by atoms with Crippen LogP contribution in [0.1, 0.15) is 15.9 Å². The Morgan fingerprint density at radius 2 is 1.75 bits per heavy atom. The van der Waals surface area contributed by atoms with Crippen molar-refractivity contribution >= 4 is 17.6 Å². The average molecular weight is 335 g/mol. The molecule has 0 saturated carbocycles. The first kappa shape index (κ1) is 17.4. The van der Waals surface area contributed by atoms with Crippen molar-refractivity contribution in [3.63, 3.8) is 0 Å². The number of carbonyl (C=O) groups excluding carboxylic acids is 2. The first-order valence-electron chi connectivity index (χ1n) is 7.03. The van der Waals surface area contributed by atoms with E-state index in [0.29, 0.717) is 5.69 Å². The fourth-order valence-corrected chi connectivity index (χ4v) is 1.88. The number of hydrogen-bond donors (Lipinski definition) is 1. The number of para-hydroxylation sites is 1. The molecular formula is C17H15F2NO4. The SMILES string of the molecule is Cc1ccc(NC(=O)COC(=O)c2ccccc2OC(F)F)cc1. The van der Waals surface area contributed by atoms with E-state index in [-0.39, 0.29) is 11.3 Å². The maximum Gasteiger partial charge on any atom is 0.387 e. The molecule has 0 aliphatic rings. The van der Waals surface area contributed by atoms with E-state index in [4.69, 9.17) is 4.74 Å². The lowest BCUT2D eigenvalue weighted by Gasteiger charge is -2.10. The van der Waals surface area contributed by atoms with E-state index in [1.54, 1.807) is 12.1 Å². The molecule has 1 N–H and O–H groups in total. The highest BCUT2D eigenvalue weighted by Crippen LogP contribution is 2.21. The molecule has 0 unspecified atom stereocenters. The Balaban J connectivity index is 1.93. The van der Waals surface area contributed by atoms with E-state index in [9.17, 15) is 18.4 Å². The van der Waals surface area contributed by atoms with Gasteiger partial charge in [-0.05, 0) is 31.2 Å². The van der Waals surface area contributed by atoms with Gasteiger partial charge in [-0.25, -0.2) is 4.79 Å². The van der Waals surface area contributed by atoms with Crippen molar-refractivity contribution in [2.24, 2.45) is 0 Å². The second kappa shape index (κ2) is 8.05. The molecule has 0 saturated heterocycles. The highest BCUT2D eigenvalue weighted by atomic mass is 19.3. The van der Waals surface area contributed by atoms with Crippen molar-refractivity contribution in [1.82, 2.24) is 0 Å². The molecule has 0 radical (unpaired) electrons. The Hall–Kier alpha value is -2.96. The molecule has 0 atom stereocenters. The Kier molecular flexibility index (Phi) is 5.83. The predicted octanol–water partition coefficient (Wildman–Crippen LogP) is 3.39. The summed E-state index contributed by atoms with van der Waals surface area (Å²) in [4.78, 5) is 23.7. The van der Waals surface area contributed by atoms with Crippen LogP contribution in [0.3, 0.4) is 0 Å². The summed E-state index contributed by atoms with van der Waals surface area (Å²) < 4.78 is 33.7. The van der Waals surface area contributed by atoms with Gasteiger partial charge in [-0.3, -0.25) is 4.79 Å². The molecule has 1 amide bonds. The Bertz CT molecular complexity index is 717. The number of halogens is 2. The van der Waals surface area contributed by atoms with Crippen LogP contribution in [0, 0.1) is 6.92 Å². The lowest BCUT2D eigenvalue weighted by molar-refractivity contribution is -0.119. The molecule has 0 aliphatic carbocycles. The number of alkyl halides is 2. The minimum absolute atomic E-state index is 0.180. The molecule has 0 bridgehead atoms. The molecule has 24 heavy (non-hydrogen) atoms.